The number of phenolic OH excluding ortho intramolecular Hbond substituents is 1. The minimum atomic E-state index is -1.26. The molecule has 0 fully saturated rings. The zero-order chi connectivity index (χ0) is 37.7. The molecule has 282 valence electrons. The molecule has 0 radical (unpaired) electrons. The molecule has 5 rings (SSSR count). The van der Waals surface area contributed by atoms with E-state index in [0.29, 0.717) is 28.8 Å². The third-order valence-corrected chi connectivity index (χ3v) is 9.14. The van der Waals surface area contributed by atoms with Crippen molar-refractivity contribution >= 4 is 67.7 Å². The number of anilines is 2. The highest BCUT2D eigenvalue weighted by molar-refractivity contribution is 7.80. The summed E-state index contributed by atoms with van der Waals surface area (Å²) in [6.07, 6.45) is 13.1. The van der Waals surface area contributed by atoms with Crippen LogP contribution >= 0.6 is 11.6 Å². The fourth-order valence-electron chi connectivity index (χ4n) is 5.84. The van der Waals surface area contributed by atoms with Crippen LogP contribution in [0.1, 0.15) is 91.8 Å². The molecule has 12 nitrogen and oxygen atoms in total. The largest absolute Gasteiger partial charge is 0.506 e. The maximum absolute atomic E-state index is 13.9. The van der Waals surface area contributed by atoms with Crippen LogP contribution in [0.3, 0.4) is 0 Å². The number of esters is 1. The van der Waals surface area contributed by atoms with Gasteiger partial charge in [-0.1, -0.05) is 88.4 Å². The topological polar surface area (TPSA) is 165 Å². The van der Waals surface area contributed by atoms with Gasteiger partial charge in [0.25, 0.3) is 5.91 Å². The van der Waals surface area contributed by atoms with Crippen molar-refractivity contribution in [3.8, 4) is 23.3 Å². The number of amides is 1. The van der Waals surface area contributed by atoms with E-state index < -0.39 is 28.6 Å². The van der Waals surface area contributed by atoms with Gasteiger partial charge in [-0.05, 0) is 48.9 Å². The second-order valence-electron chi connectivity index (χ2n) is 12.5. The Hall–Kier alpha value is -4.85. The molecule has 1 unspecified atom stereocenters. The number of para-hydroxylation sites is 2. The molecule has 1 heterocycles. The lowest BCUT2D eigenvalue weighted by Gasteiger charge is -2.17. The van der Waals surface area contributed by atoms with Crippen LogP contribution in [0, 0.1) is 4.78 Å². The zero-order valence-electron chi connectivity index (χ0n) is 30.1. The second-order valence-corrected chi connectivity index (χ2v) is 14.0. The Morgan fingerprint density at radius 1 is 0.943 bits per heavy atom. The molecule has 0 bridgehead atoms. The van der Waals surface area contributed by atoms with Gasteiger partial charge < -0.3 is 34.5 Å². The highest BCUT2D eigenvalue weighted by Gasteiger charge is 2.24. The van der Waals surface area contributed by atoms with E-state index in [1.807, 2.05) is 6.07 Å². The van der Waals surface area contributed by atoms with Gasteiger partial charge in [0.1, 0.15) is 17.0 Å². The first-order chi connectivity index (χ1) is 25.7. The van der Waals surface area contributed by atoms with Crippen LogP contribution in [0.4, 0.5) is 11.4 Å². The minimum Gasteiger partial charge on any atom is -0.506 e. The summed E-state index contributed by atoms with van der Waals surface area (Å²) in [4.78, 5) is 36.5. The average molecular weight is 765 g/mol. The number of hydrogen-bond donors (Lipinski definition) is 4. The summed E-state index contributed by atoms with van der Waals surface area (Å²) in [7, 11) is 0.398. The van der Waals surface area contributed by atoms with E-state index in [4.69, 9.17) is 39.5 Å². The number of phenols is 1. The van der Waals surface area contributed by atoms with Crippen molar-refractivity contribution < 1.29 is 37.8 Å². The van der Waals surface area contributed by atoms with E-state index in [0.717, 1.165) is 19.3 Å². The van der Waals surface area contributed by atoms with Crippen molar-refractivity contribution in [2.75, 3.05) is 30.5 Å². The van der Waals surface area contributed by atoms with Crippen LogP contribution in [0.5, 0.6) is 23.3 Å². The van der Waals surface area contributed by atoms with Crippen LogP contribution in [-0.2, 0) is 20.0 Å². The summed E-state index contributed by atoms with van der Waals surface area (Å²) < 4.78 is 30.1. The van der Waals surface area contributed by atoms with E-state index in [9.17, 15) is 14.7 Å². The number of carbonyl (C=O) groups excluding carboxylic acids is 2. The lowest BCUT2D eigenvalue weighted by atomic mass is 10.0. The summed E-state index contributed by atoms with van der Waals surface area (Å²) >= 11 is 6.46. The SMILES string of the molecule is CCCCCCCCCCCCOC(=O)c1ccc(Cl)c(NC(=O)c2cc(Oc3nc4ccccc4o3)c3c(NC)cc(OOS(C)=N)cc3c2O)c1. The van der Waals surface area contributed by atoms with Gasteiger partial charge in [0.05, 0.1) is 44.8 Å². The fourth-order valence-corrected chi connectivity index (χ4v) is 6.18. The van der Waals surface area contributed by atoms with Crippen molar-refractivity contribution in [2.24, 2.45) is 0 Å². The molecular weight excluding hydrogens is 720 g/mol. The Labute approximate surface area is 316 Å². The second kappa shape index (κ2) is 19.3. The summed E-state index contributed by atoms with van der Waals surface area (Å²) in [5.41, 5.74) is 1.66. The van der Waals surface area contributed by atoms with Gasteiger partial charge in [0.2, 0.25) is 0 Å². The molecule has 0 aliphatic carbocycles. The van der Waals surface area contributed by atoms with E-state index in [1.165, 1.54) is 81.5 Å². The number of oxazole rings is 1. The van der Waals surface area contributed by atoms with Crippen LogP contribution in [0.2, 0.25) is 5.02 Å². The number of nitrogens with zero attached hydrogens (tertiary/aromatic N) is 1. The smallest absolute Gasteiger partial charge is 0.400 e. The first kappa shape index (κ1) is 39.4. The molecule has 4 aromatic carbocycles. The van der Waals surface area contributed by atoms with Crippen LogP contribution in [0.25, 0.3) is 21.9 Å². The fraction of sp³-hybridized carbons (Fsp3) is 0.359. The number of aromatic hydroxyl groups is 1. The van der Waals surface area contributed by atoms with E-state index >= 15 is 0 Å². The Kier molecular flexibility index (Phi) is 14.3. The summed E-state index contributed by atoms with van der Waals surface area (Å²) in [5, 5.41) is 18.0. The number of fused-ring (bicyclic) bond motifs is 2. The normalized spacial score (nSPS) is 11.8. The Bertz CT molecular complexity index is 2040. The third-order valence-electron chi connectivity index (χ3n) is 8.54. The monoisotopic (exact) mass is 764 g/mol. The van der Waals surface area contributed by atoms with Gasteiger partial charge >= 0.3 is 12.0 Å². The van der Waals surface area contributed by atoms with Crippen molar-refractivity contribution in [1.29, 1.82) is 4.78 Å². The molecule has 0 saturated heterocycles. The number of unbranched alkanes of at least 4 members (excludes halogenated alkanes) is 9. The number of aromatic nitrogens is 1. The van der Waals surface area contributed by atoms with Crippen molar-refractivity contribution in [2.45, 2.75) is 71.1 Å². The number of ether oxygens (including phenoxy) is 2. The quantitative estimate of drug-likeness (QED) is 0.0259. The van der Waals surface area contributed by atoms with E-state index in [1.54, 1.807) is 31.3 Å². The average Bonchev–Trinajstić information content (AvgIpc) is 3.57. The lowest BCUT2D eigenvalue weighted by molar-refractivity contribution is -0.0814. The van der Waals surface area contributed by atoms with Gasteiger partial charge in [0, 0.05) is 30.4 Å². The van der Waals surface area contributed by atoms with Crippen molar-refractivity contribution in [3.63, 3.8) is 0 Å². The van der Waals surface area contributed by atoms with Gasteiger partial charge in [-0.25, -0.2) is 4.79 Å². The highest BCUT2D eigenvalue weighted by Crippen LogP contribution is 2.44. The van der Waals surface area contributed by atoms with Crippen LogP contribution < -0.4 is 20.3 Å². The maximum atomic E-state index is 13.9. The predicted octanol–water partition coefficient (Wildman–Crippen LogP) is 10.7. The van der Waals surface area contributed by atoms with Crippen LogP contribution in [0.15, 0.2) is 65.1 Å². The van der Waals surface area contributed by atoms with Crippen molar-refractivity contribution in [3.05, 3.63) is 76.8 Å². The molecule has 0 aliphatic rings. The van der Waals surface area contributed by atoms with Gasteiger partial charge in [-0.15, -0.1) is 4.33 Å². The predicted molar refractivity (Wildman–Crippen MR) is 208 cm³/mol. The minimum absolute atomic E-state index is 0.0912. The third kappa shape index (κ3) is 10.6. The standard InChI is InChI=1S/C39H45ClN4O8S/c1-4-5-6-7-8-9-10-11-12-15-20-48-38(47)25-18-19-29(40)31(21-25)43-37(46)28-24-34(50-39-44-30-16-13-14-17-33(30)49-39)35-27(36(28)45)22-26(23-32(35)42-2)51-52-53(3)41/h13-14,16-19,21-24,41-42,45H,4-12,15,20H2,1-3H3,(H,43,46). The van der Waals surface area contributed by atoms with E-state index in [2.05, 4.69) is 22.5 Å². The molecule has 0 aliphatic heterocycles. The van der Waals surface area contributed by atoms with Crippen molar-refractivity contribution in [1.82, 2.24) is 4.98 Å². The maximum Gasteiger partial charge on any atom is 0.400 e. The lowest BCUT2D eigenvalue weighted by Crippen LogP contribution is -2.14. The first-order valence-corrected chi connectivity index (χ1v) is 19.7. The number of rotatable bonds is 20. The van der Waals surface area contributed by atoms with Gasteiger partial charge in [-0.2, -0.15) is 4.98 Å². The molecule has 14 heteroatoms. The summed E-state index contributed by atoms with van der Waals surface area (Å²) in [5.74, 6) is -1.42. The van der Waals surface area contributed by atoms with Crippen LogP contribution in [-0.4, -0.2) is 41.9 Å². The molecule has 4 N–H and O–H groups in total. The number of carbonyl (C=O) groups is 2. The molecule has 1 aromatic heterocycles. The number of hydrogen-bond acceptors (Lipinski definition) is 11. The Morgan fingerprint density at radius 2 is 1.66 bits per heavy atom. The van der Waals surface area contributed by atoms with Gasteiger partial charge in [0.15, 0.2) is 11.3 Å². The summed E-state index contributed by atoms with van der Waals surface area (Å²) in [6, 6.07) is 16.0. The number of nitrogens with one attached hydrogen (secondary N) is 3. The molecule has 53 heavy (non-hydrogen) atoms. The van der Waals surface area contributed by atoms with Gasteiger partial charge in [-0.3, -0.25) is 9.57 Å². The number of benzene rings is 4. The molecule has 0 spiro atoms. The van der Waals surface area contributed by atoms with E-state index in [-0.39, 0.29) is 44.8 Å². The molecule has 1 atom stereocenters. The molecule has 5 aromatic rings. The zero-order valence-corrected chi connectivity index (χ0v) is 31.7. The number of halogens is 1. The summed E-state index contributed by atoms with van der Waals surface area (Å²) in [6.45, 7) is 2.51. The Morgan fingerprint density at radius 3 is 2.36 bits per heavy atom. The molecular formula is C39H45ClN4O8S. The Balaban J connectivity index is 1.34. The first-order valence-electron chi connectivity index (χ1n) is 17.7. The molecule has 1 amide bonds. The molecule has 0 saturated carbocycles. The highest BCUT2D eigenvalue weighted by atomic mass is 35.5.